The Morgan fingerprint density at radius 3 is 1.91 bits per heavy atom. The SMILES string of the molecule is CC1(C)c2cccc(c2)Oc2cccc(c2)C2(CCCC2)N2C=CN3[C]2=[Pt]=[C]2N1C=CN2C3(C)C. The summed E-state index contributed by atoms with van der Waals surface area (Å²) in [5.41, 5.74) is 2.24. The molecule has 1 saturated carbocycles. The monoisotopic (exact) mass is 647 g/mol. The number of rotatable bonds is 0. The van der Waals surface area contributed by atoms with Crippen LogP contribution in [0.25, 0.3) is 0 Å². The number of ether oxygens (including phenoxy) is 1. The van der Waals surface area contributed by atoms with Crippen molar-refractivity contribution in [2.75, 3.05) is 0 Å². The normalized spacial score (nSPS) is 24.6. The first kappa shape index (κ1) is 21.6. The summed E-state index contributed by atoms with van der Waals surface area (Å²) >= 11 is -0.439. The van der Waals surface area contributed by atoms with E-state index in [9.17, 15) is 0 Å². The Bertz CT molecular complexity index is 1360. The summed E-state index contributed by atoms with van der Waals surface area (Å²) in [7, 11) is 0. The molecule has 1 aliphatic carbocycles. The number of hydrogen-bond acceptors (Lipinski definition) is 5. The molecule has 6 bridgehead atoms. The molecule has 0 radical (unpaired) electrons. The van der Waals surface area contributed by atoms with Crippen molar-refractivity contribution < 1.29 is 22.4 Å². The molecule has 0 aromatic heterocycles. The number of hydrogen-bond donors (Lipinski definition) is 0. The van der Waals surface area contributed by atoms with Gasteiger partial charge in [0.05, 0.1) is 0 Å². The average Bonchev–Trinajstić information content (AvgIpc) is 3.58. The molecule has 0 N–H and O–H groups in total. The Labute approximate surface area is 215 Å². The zero-order valence-corrected chi connectivity index (χ0v) is 23.0. The average molecular weight is 648 g/mol. The summed E-state index contributed by atoms with van der Waals surface area (Å²) in [6.45, 7) is 9.36. The third-order valence-corrected chi connectivity index (χ3v) is 11.6. The summed E-state index contributed by atoms with van der Waals surface area (Å²) < 4.78 is 9.43. The molecular formula is C29H32N4OPt. The Morgan fingerprint density at radius 2 is 1.23 bits per heavy atom. The Balaban J connectivity index is 1.53. The van der Waals surface area contributed by atoms with Gasteiger partial charge in [-0.05, 0) is 0 Å². The van der Waals surface area contributed by atoms with Crippen molar-refractivity contribution in [3.8, 4) is 11.5 Å². The van der Waals surface area contributed by atoms with Gasteiger partial charge in [-0.2, -0.15) is 0 Å². The van der Waals surface area contributed by atoms with Crippen molar-refractivity contribution in [1.82, 2.24) is 19.6 Å². The molecule has 0 unspecified atom stereocenters. The van der Waals surface area contributed by atoms with Crippen LogP contribution in [0.2, 0.25) is 0 Å². The van der Waals surface area contributed by atoms with Crippen molar-refractivity contribution in [3.63, 3.8) is 0 Å². The third-order valence-electron chi connectivity index (χ3n) is 8.43. The molecule has 1 spiro atoms. The van der Waals surface area contributed by atoms with Crippen LogP contribution in [0, 0.1) is 0 Å². The molecule has 0 saturated heterocycles. The van der Waals surface area contributed by atoms with E-state index < -0.39 is 17.6 Å². The van der Waals surface area contributed by atoms with Gasteiger partial charge in [0, 0.05) is 0 Å². The van der Waals surface area contributed by atoms with Crippen LogP contribution < -0.4 is 4.74 Å². The number of benzene rings is 2. The second-order valence-electron chi connectivity index (χ2n) is 11.1. The van der Waals surface area contributed by atoms with Crippen LogP contribution in [-0.4, -0.2) is 33.6 Å². The van der Waals surface area contributed by atoms with Gasteiger partial charge in [-0.3, -0.25) is 0 Å². The minimum atomic E-state index is -0.439. The van der Waals surface area contributed by atoms with E-state index >= 15 is 0 Å². The summed E-state index contributed by atoms with van der Waals surface area (Å²) in [5, 5.41) is 0. The van der Waals surface area contributed by atoms with E-state index in [1.54, 1.807) is 0 Å². The molecule has 2 aromatic carbocycles. The van der Waals surface area contributed by atoms with E-state index in [4.69, 9.17) is 4.74 Å². The van der Waals surface area contributed by atoms with E-state index in [-0.39, 0.29) is 16.7 Å². The van der Waals surface area contributed by atoms with Gasteiger partial charge in [0.2, 0.25) is 0 Å². The molecule has 1 fully saturated rings. The van der Waals surface area contributed by atoms with Gasteiger partial charge in [-0.15, -0.1) is 0 Å². The van der Waals surface area contributed by atoms with Crippen molar-refractivity contribution in [2.45, 2.75) is 70.1 Å². The van der Waals surface area contributed by atoms with Crippen LogP contribution in [0.15, 0.2) is 73.3 Å². The Kier molecular flexibility index (Phi) is 4.44. The summed E-state index contributed by atoms with van der Waals surface area (Å²) in [4.78, 5) is 10.2. The second-order valence-corrected chi connectivity index (χ2v) is 13.7. The van der Waals surface area contributed by atoms with Crippen LogP contribution in [0.5, 0.6) is 11.5 Å². The van der Waals surface area contributed by atoms with Crippen molar-refractivity contribution >= 4 is 8.29 Å². The van der Waals surface area contributed by atoms with Gasteiger partial charge in [0.15, 0.2) is 0 Å². The molecule has 4 aliphatic heterocycles. The van der Waals surface area contributed by atoms with Gasteiger partial charge in [0.25, 0.3) is 0 Å². The number of fused-ring (bicyclic) bond motifs is 6. The molecular weight excluding hydrogens is 615 g/mol. The van der Waals surface area contributed by atoms with Crippen molar-refractivity contribution in [1.29, 1.82) is 0 Å². The summed E-state index contributed by atoms with van der Waals surface area (Å²) in [6.07, 6.45) is 14.1. The van der Waals surface area contributed by atoms with E-state index in [1.165, 1.54) is 45.1 Å². The zero-order chi connectivity index (χ0) is 24.0. The van der Waals surface area contributed by atoms with Crippen LogP contribution in [0.3, 0.4) is 0 Å². The first-order valence-corrected chi connectivity index (χ1v) is 14.8. The van der Waals surface area contributed by atoms with Crippen molar-refractivity contribution in [3.05, 3.63) is 84.5 Å². The second kappa shape index (κ2) is 7.19. The molecule has 4 heterocycles. The molecule has 184 valence electrons. The molecule has 5 nitrogen and oxygen atoms in total. The van der Waals surface area contributed by atoms with Gasteiger partial charge in [-0.25, -0.2) is 0 Å². The third kappa shape index (κ3) is 2.91. The van der Waals surface area contributed by atoms with Crippen molar-refractivity contribution in [2.24, 2.45) is 0 Å². The quantitative estimate of drug-likeness (QED) is 0.366. The van der Waals surface area contributed by atoms with E-state index in [2.05, 4.69) is 121 Å². The first-order valence-electron chi connectivity index (χ1n) is 12.6. The maximum atomic E-state index is 6.49. The van der Waals surface area contributed by atoms with Crippen LogP contribution in [0.1, 0.15) is 64.5 Å². The molecule has 5 aliphatic rings. The molecule has 0 amide bonds. The topological polar surface area (TPSA) is 22.2 Å². The van der Waals surface area contributed by atoms with Gasteiger partial charge >= 0.3 is 216 Å². The predicted octanol–water partition coefficient (Wildman–Crippen LogP) is 5.68. The van der Waals surface area contributed by atoms with Gasteiger partial charge in [-0.1, -0.05) is 0 Å². The fraction of sp³-hybridized carbons (Fsp3) is 0.379. The number of nitrogens with zero attached hydrogens (tertiary/aromatic N) is 4. The molecule has 6 heteroatoms. The van der Waals surface area contributed by atoms with Crippen LogP contribution in [0.4, 0.5) is 0 Å². The fourth-order valence-electron chi connectivity index (χ4n) is 6.24. The molecule has 0 atom stereocenters. The van der Waals surface area contributed by atoms with E-state index in [1.807, 2.05) is 0 Å². The predicted molar refractivity (Wildman–Crippen MR) is 136 cm³/mol. The summed E-state index contributed by atoms with van der Waals surface area (Å²) in [5.74, 6) is 1.82. The fourth-order valence-corrected chi connectivity index (χ4v) is 10.8. The van der Waals surface area contributed by atoms with Gasteiger partial charge in [0.1, 0.15) is 0 Å². The molecule has 2 aromatic rings. The first-order chi connectivity index (χ1) is 16.8. The summed E-state index contributed by atoms with van der Waals surface area (Å²) in [6, 6.07) is 17.5. The molecule has 35 heavy (non-hydrogen) atoms. The van der Waals surface area contributed by atoms with Crippen LogP contribution in [-0.2, 0) is 28.7 Å². The van der Waals surface area contributed by atoms with E-state index in [0.717, 1.165) is 11.5 Å². The minimum absolute atomic E-state index is 0.0168. The molecule has 7 rings (SSSR count). The Morgan fingerprint density at radius 1 is 0.686 bits per heavy atom. The standard InChI is InChI=1S/C29H32N4O.Pt/c1-27(2)23-9-7-11-25(19-23)34-26-12-8-10-24(20-26)29(13-5-6-14-29)33-18-17-32(22-33)28(3,4)31-16-15-30(27)21-31;/h7-12,15-20H,5-6,13-14H2,1-4H3;. The zero-order valence-electron chi connectivity index (χ0n) is 20.8. The maximum absolute atomic E-state index is 6.49. The van der Waals surface area contributed by atoms with E-state index in [0.29, 0.717) is 0 Å². The Hall–Kier alpha value is -2.65. The van der Waals surface area contributed by atoms with Gasteiger partial charge < -0.3 is 0 Å². The van der Waals surface area contributed by atoms with Crippen LogP contribution >= 0.6 is 0 Å².